The Bertz CT molecular complexity index is 3010. The summed E-state index contributed by atoms with van der Waals surface area (Å²) in [6.07, 6.45) is 10.8. The molecular formula is C53H37N. The SMILES string of the molecule is C=Cc1c(C)ccc2c3cc(-c4ccc5c6c(cccc46)-c4c-5c(-c5ccccc5)c5ccccc5c4-c4ccccc4)ccc3n(C3=CC=CCC3)c12. The van der Waals surface area contributed by atoms with Crippen molar-refractivity contribution in [2.75, 3.05) is 0 Å². The third kappa shape index (κ3) is 4.33. The summed E-state index contributed by atoms with van der Waals surface area (Å²) in [5, 5.41) is 7.73. The predicted molar refractivity (Wildman–Crippen MR) is 233 cm³/mol. The van der Waals surface area contributed by atoms with Crippen molar-refractivity contribution >= 4 is 55.1 Å². The zero-order valence-electron chi connectivity index (χ0n) is 30.2. The molecule has 0 amide bonds. The van der Waals surface area contributed by atoms with Gasteiger partial charge in [-0.15, -0.1) is 0 Å². The Morgan fingerprint density at radius 2 is 1.19 bits per heavy atom. The summed E-state index contributed by atoms with van der Waals surface area (Å²) in [5.41, 5.74) is 19.2. The molecule has 0 spiro atoms. The summed E-state index contributed by atoms with van der Waals surface area (Å²) in [4.78, 5) is 0. The molecule has 0 aliphatic heterocycles. The Kier molecular flexibility index (Phi) is 6.81. The van der Waals surface area contributed by atoms with Crippen molar-refractivity contribution in [3.63, 3.8) is 0 Å². The van der Waals surface area contributed by atoms with Gasteiger partial charge in [-0.3, -0.25) is 0 Å². The second-order valence-electron chi connectivity index (χ2n) is 14.8. The number of hydrogen-bond donors (Lipinski definition) is 0. The highest BCUT2D eigenvalue weighted by atomic mass is 15.0. The molecule has 2 aliphatic carbocycles. The van der Waals surface area contributed by atoms with Crippen LogP contribution in [-0.4, -0.2) is 4.57 Å². The third-order valence-electron chi connectivity index (χ3n) is 11.9. The van der Waals surface area contributed by atoms with Gasteiger partial charge in [-0.25, -0.2) is 0 Å². The lowest BCUT2D eigenvalue weighted by Gasteiger charge is -2.20. The van der Waals surface area contributed by atoms with Crippen LogP contribution in [0.15, 0.2) is 170 Å². The van der Waals surface area contributed by atoms with E-state index in [-0.39, 0.29) is 0 Å². The summed E-state index contributed by atoms with van der Waals surface area (Å²) in [6.45, 7) is 6.45. The van der Waals surface area contributed by atoms with Crippen molar-refractivity contribution in [1.82, 2.24) is 4.57 Å². The van der Waals surface area contributed by atoms with Crippen LogP contribution in [0.3, 0.4) is 0 Å². The van der Waals surface area contributed by atoms with Gasteiger partial charge in [-0.1, -0.05) is 158 Å². The monoisotopic (exact) mass is 687 g/mol. The van der Waals surface area contributed by atoms with Crippen LogP contribution in [0.25, 0.3) is 111 Å². The minimum Gasteiger partial charge on any atom is -0.312 e. The fraction of sp³-hybridized carbons (Fsp3) is 0.0566. The molecule has 0 unspecified atom stereocenters. The molecule has 0 bridgehead atoms. The molecule has 8 aromatic carbocycles. The predicted octanol–water partition coefficient (Wildman–Crippen LogP) is 14.9. The number of hydrogen-bond acceptors (Lipinski definition) is 0. The van der Waals surface area contributed by atoms with Gasteiger partial charge in [-0.05, 0) is 121 Å². The van der Waals surface area contributed by atoms with Gasteiger partial charge in [0.1, 0.15) is 0 Å². The molecule has 1 aromatic heterocycles. The van der Waals surface area contributed by atoms with Gasteiger partial charge < -0.3 is 4.57 Å². The van der Waals surface area contributed by atoms with E-state index in [1.807, 2.05) is 6.08 Å². The van der Waals surface area contributed by atoms with Crippen LogP contribution in [0, 0.1) is 6.92 Å². The number of allylic oxidation sites excluding steroid dienone is 4. The van der Waals surface area contributed by atoms with Crippen molar-refractivity contribution in [1.29, 1.82) is 0 Å². The molecule has 9 aromatic rings. The van der Waals surface area contributed by atoms with Crippen LogP contribution in [0.2, 0.25) is 0 Å². The number of rotatable bonds is 5. The molecule has 54 heavy (non-hydrogen) atoms. The maximum Gasteiger partial charge on any atom is 0.0612 e. The van der Waals surface area contributed by atoms with E-state index in [2.05, 4.69) is 182 Å². The van der Waals surface area contributed by atoms with Gasteiger partial charge in [0.25, 0.3) is 0 Å². The third-order valence-corrected chi connectivity index (χ3v) is 11.9. The quantitative estimate of drug-likeness (QED) is 0.170. The number of aryl methyl sites for hydroxylation is 1. The first kappa shape index (κ1) is 30.9. The van der Waals surface area contributed by atoms with E-state index in [0.717, 1.165) is 12.8 Å². The van der Waals surface area contributed by atoms with Crippen LogP contribution >= 0.6 is 0 Å². The lowest BCUT2D eigenvalue weighted by Crippen LogP contribution is -2.00. The van der Waals surface area contributed by atoms with Crippen LogP contribution in [-0.2, 0) is 0 Å². The van der Waals surface area contributed by atoms with Crippen molar-refractivity contribution in [2.45, 2.75) is 19.8 Å². The molecule has 2 aliphatic rings. The van der Waals surface area contributed by atoms with Gasteiger partial charge in [0.05, 0.1) is 11.0 Å². The molecule has 0 N–H and O–H groups in total. The molecule has 1 nitrogen and oxygen atoms in total. The molecule has 0 saturated heterocycles. The molecule has 254 valence electrons. The smallest absolute Gasteiger partial charge is 0.0612 e. The van der Waals surface area contributed by atoms with Crippen molar-refractivity contribution in [3.8, 4) is 55.6 Å². The molecular weight excluding hydrogens is 651 g/mol. The summed E-state index contributed by atoms with van der Waals surface area (Å²) < 4.78 is 2.49. The van der Waals surface area contributed by atoms with Crippen molar-refractivity contribution < 1.29 is 0 Å². The number of nitrogens with zero attached hydrogens (tertiary/aromatic N) is 1. The highest BCUT2D eigenvalue weighted by molar-refractivity contribution is 6.29. The van der Waals surface area contributed by atoms with E-state index in [9.17, 15) is 0 Å². The van der Waals surface area contributed by atoms with Gasteiger partial charge in [0.2, 0.25) is 0 Å². The number of benzene rings is 8. The minimum atomic E-state index is 1.02. The molecule has 0 saturated carbocycles. The molecule has 0 radical (unpaired) electrons. The van der Waals surface area contributed by atoms with E-state index in [1.165, 1.54) is 116 Å². The van der Waals surface area contributed by atoms with E-state index in [0.29, 0.717) is 0 Å². The maximum atomic E-state index is 4.26. The van der Waals surface area contributed by atoms with E-state index in [1.54, 1.807) is 0 Å². The first-order valence-corrected chi connectivity index (χ1v) is 19.0. The van der Waals surface area contributed by atoms with Gasteiger partial charge >= 0.3 is 0 Å². The first-order valence-electron chi connectivity index (χ1n) is 19.0. The topological polar surface area (TPSA) is 4.93 Å². The normalized spacial score (nSPS) is 13.2. The van der Waals surface area contributed by atoms with Crippen LogP contribution in [0.5, 0.6) is 0 Å². The van der Waals surface area contributed by atoms with Crippen molar-refractivity contribution in [3.05, 3.63) is 182 Å². The zero-order chi connectivity index (χ0) is 35.9. The average Bonchev–Trinajstić information content (AvgIpc) is 3.74. The lowest BCUT2D eigenvalue weighted by atomic mass is 9.82. The van der Waals surface area contributed by atoms with E-state index < -0.39 is 0 Å². The zero-order valence-corrected chi connectivity index (χ0v) is 30.2. The Balaban J connectivity index is 1.21. The summed E-state index contributed by atoms with van der Waals surface area (Å²) in [5.74, 6) is 0. The van der Waals surface area contributed by atoms with Crippen LogP contribution < -0.4 is 0 Å². The van der Waals surface area contributed by atoms with E-state index in [4.69, 9.17) is 0 Å². The largest absolute Gasteiger partial charge is 0.312 e. The fourth-order valence-electron chi connectivity index (χ4n) is 9.60. The summed E-state index contributed by atoms with van der Waals surface area (Å²) >= 11 is 0. The standard InChI is InChI=1S/C53H37N/c1-3-38-33(2)26-28-43-46-32-36(27-31-47(46)54(53(38)43)37-20-11-6-12-21-37)39-29-30-45-50-40(39)24-15-25-44(50)51-48(34-16-7-4-8-17-34)41-22-13-14-23-42(41)49(52(45)51)35-18-9-5-10-19-35/h3-11,13-20,22-32H,1,12,21H2,2H3. The summed E-state index contributed by atoms with van der Waals surface area (Å²) in [7, 11) is 0. The number of aromatic nitrogens is 1. The molecule has 0 atom stereocenters. The van der Waals surface area contributed by atoms with Crippen LogP contribution in [0.1, 0.15) is 24.0 Å². The number of fused-ring (bicyclic) bond motifs is 7. The second-order valence-corrected chi connectivity index (χ2v) is 14.8. The Morgan fingerprint density at radius 3 is 1.85 bits per heavy atom. The Hall–Kier alpha value is -6.70. The van der Waals surface area contributed by atoms with Gasteiger partial charge in [0, 0.05) is 22.0 Å². The van der Waals surface area contributed by atoms with Crippen LogP contribution in [0.4, 0.5) is 0 Å². The summed E-state index contributed by atoms with van der Waals surface area (Å²) in [6, 6.07) is 54.3. The molecule has 1 heterocycles. The average molecular weight is 688 g/mol. The van der Waals surface area contributed by atoms with E-state index >= 15 is 0 Å². The second kappa shape index (κ2) is 11.9. The molecule has 1 heteroatoms. The van der Waals surface area contributed by atoms with Gasteiger partial charge in [-0.2, -0.15) is 0 Å². The highest BCUT2D eigenvalue weighted by Gasteiger charge is 2.31. The first-order chi connectivity index (χ1) is 26.7. The maximum absolute atomic E-state index is 4.26. The lowest BCUT2D eigenvalue weighted by molar-refractivity contribution is 0.978. The van der Waals surface area contributed by atoms with Crippen molar-refractivity contribution in [2.24, 2.45) is 0 Å². The molecule has 11 rings (SSSR count). The Labute approximate surface area is 315 Å². The highest BCUT2D eigenvalue weighted by Crippen LogP contribution is 2.58. The van der Waals surface area contributed by atoms with Gasteiger partial charge in [0.15, 0.2) is 0 Å². The minimum absolute atomic E-state index is 1.02. The Morgan fingerprint density at radius 1 is 0.537 bits per heavy atom. The fourth-order valence-corrected chi connectivity index (χ4v) is 9.60. The molecule has 0 fully saturated rings.